The van der Waals surface area contributed by atoms with Crippen LogP contribution in [-0.2, 0) is 0 Å². The molecule has 2 amide bonds. The number of nitrogens with zero attached hydrogens (tertiary/aromatic N) is 2. The van der Waals surface area contributed by atoms with E-state index in [4.69, 9.17) is 0 Å². The molecule has 0 radical (unpaired) electrons. The van der Waals surface area contributed by atoms with Crippen LogP contribution in [0, 0.1) is 0 Å². The maximum absolute atomic E-state index is 12.3. The maximum Gasteiger partial charge on any atom is 0.261 e. The molecule has 0 spiro atoms. The molecule has 2 aliphatic rings. The number of carbonyl (C=O) groups excluding carboxylic acids is 2. The van der Waals surface area contributed by atoms with Gasteiger partial charge in [0, 0.05) is 38.3 Å². The lowest BCUT2D eigenvalue weighted by Gasteiger charge is -2.43. The molecule has 0 unspecified atom stereocenters. The Labute approximate surface area is 124 Å². The molecule has 2 aliphatic heterocycles. The van der Waals surface area contributed by atoms with Gasteiger partial charge in [-0.25, -0.2) is 0 Å². The van der Waals surface area contributed by atoms with Crippen LogP contribution in [0.3, 0.4) is 0 Å². The van der Waals surface area contributed by atoms with Crippen LogP contribution in [0.4, 0.5) is 0 Å². The molecule has 3 rings (SSSR count). The van der Waals surface area contributed by atoms with E-state index in [0.717, 1.165) is 26.2 Å². The van der Waals surface area contributed by atoms with Gasteiger partial charge in [0.15, 0.2) is 0 Å². The third kappa shape index (κ3) is 2.47. The third-order valence-electron chi connectivity index (χ3n) is 4.44. The van der Waals surface area contributed by atoms with Crippen molar-refractivity contribution in [2.45, 2.75) is 19.4 Å². The van der Waals surface area contributed by atoms with Crippen molar-refractivity contribution < 1.29 is 9.59 Å². The van der Waals surface area contributed by atoms with Gasteiger partial charge in [0.05, 0.1) is 11.1 Å². The average Bonchev–Trinajstić information content (AvgIpc) is 2.71. The second-order valence-electron chi connectivity index (χ2n) is 6.28. The number of nitrogens with one attached hydrogen (secondary N) is 1. The average molecular weight is 287 g/mol. The lowest BCUT2D eigenvalue weighted by atomic mass is 10.0. The van der Waals surface area contributed by atoms with E-state index in [1.807, 2.05) is 0 Å². The zero-order valence-corrected chi connectivity index (χ0v) is 12.6. The van der Waals surface area contributed by atoms with Crippen molar-refractivity contribution in [3.05, 3.63) is 35.4 Å². The molecule has 0 aliphatic carbocycles. The van der Waals surface area contributed by atoms with Crippen molar-refractivity contribution in [3.63, 3.8) is 0 Å². The quantitative estimate of drug-likeness (QED) is 0.842. The van der Waals surface area contributed by atoms with Gasteiger partial charge in [0.1, 0.15) is 0 Å². The molecule has 0 aromatic heterocycles. The molecular formula is C16H21N3O2. The van der Waals surface area contributed by atoms with Gasteiger partial charge >= 0.3 is 0 Å². The highest BCUT2D eigenvalue weighted by Crippen LogP contribution is 2.23. The van der Waals surface area contributed by atoms with Gasteiger partial charge in [-0.3, -0.25) is 19.4 Å². The van der Waals surface area contributed by atoms with Crippen molar-refractivity contribution in [2.24, 2.45) is 0 Å². The molecule has 0 bridgehead atoms. The molecule has 5 heteroatoms. The fourth-order valence-electron chi connectivity index (χ4n) is 3.10. The summed E-state index contributed by atoms with van der Waals surface area (Å²) in [6.45, 7) is 8.36. The van der Waals surface area contributed by atoms with Crippen LogP contribution in [0.1, 0.15) is 34.6 Å². The maximum atomic E-state index is 12.3. The monoisotopic (exact) mass is 287 g/mol. The highest BCUT2D eigenvalue weighted by Gasteiger charge is 2.36. The normalized spacial score (nSPS) is 21.7. The van der Waals surface area contributed by atoms with E-state index >= 15 is 0 Å². The van der Waals surface area contributed by atoms with Crippen LogP contribution in [0.15, 0.2) is 24.3 Å². The van der Waals surface area contributed by atoms with Gasteiger partial charge in [-0.1, -0.05) is 12.1 Å². The zero-order chi connectivity index (χ0) is 15.0. The number of imide groups is 1. The Morgan fingerprint density at radius 3 is 2.29 bits per heavy atom. The van der Waals surface area contributed by atoms with Crippen LogP contribution < -0.4 is 5.32 Å². The fraction of sp³-hybridized carbons (Fsp3) is 0.500. The molecule has 1 aromatic rings. The van der Waals surface area contributed by atoms with Crippen molar-refractivity contribution in [1.29, 1.82) is 0 Å². The molecule has 1 N–H and O–H groups in total. The van der Waals surface area contributed by atoms with Gasteiger partial charge in [0.25, 0.3) is 11.8 Å². The smallest absolute Gasteiger partial charge is 0.261 e. The summed E-state index contributed by atoms with van der Waals surface area (Å²) in [5, 5.41) is 3.38. The van der Waals surface area contributed by atoms with Gasteiger partial charge in [-0.15, -0.1) is 0 Å². The molecule has 1 fully saturated rings. The van der Waals surface area contributed by atoms with Crippen LogP contribution in [0.5, 0.6) is 0 Å². The molecular weight excluding hydrogens is 266 g/mol. The number of fused-ring (bicyclic) bond motifs is 1. The van der Waals surface area contributed by atoms with Gasteiger partial charge in [-0.2, -0.15) is 0 Å². The van der Waals surface area contributed by atoms with E-state index in [-0.39, 0.29) is 17.4 Å². The topological polar surface area (TPSA) is 52.6 Å². The lowest BCUT2D eigenvalue weighted by molar-refractivity contribution is 0.0540. The first kappa shape index (κ1) is 14.2. The Kier molecular flexibility index (Phi) is 3.55. The van der Waals surface area contributed by atoms with Gasteiger partial charge in [0.2, 0.25) is 0 Å². The Morgan fingerprint density at radius 2 is 1.71 bits per heavy atom. The summed E-state index contributed by atoms with van der Waals surface area (Å²) < 4.78 is 0. The predicted octanol–water partition coefficient (Wildman–Crippen LogP) is 0.966. The first-order chi connectivity index (χ1) is 10.0. The summed E-state index contributed by atoms with van der Waals surface area (Å²) in [7, 11) is 0. The van der Waals surface area contributed by atoms with Gasteiger partial charge in [-0.05, 0) is 26.0 Å². The predicted molar refractivity (Wildman–Crippen MR) is 80.3 cm³/mol. The largest absolute Gasteiger partial charge is 0.314 e. The zero-order valence-electron chi connectivity index (χ0n) is 12.6. The Balaban J connectivity index is 1.70. The minimum atomic E-state index is -0.163. The van der Waals surface area contributed by atoms with E-state index in [1.54, 1.807) is 24.3 Å². The summed E-state index contributed by atoms with van der Waals surface area (Å²) in [5.74, 6) is -0.327. The van der Waals surface area contributed by atoms with Crippen LogP contribution in [-0.4, -0.2) is 59.9 Å². The summed E-state index contributed by atoms with van der Waals surface area (Å²) in [6, 6.07) is 7.05. The number of carbonyl (C=O) groups is 2. The first-order valence-electron chi connectivity index (χ1n) is 7.42. The van der Waals surface area contributed by atoms with Crippen molar-refractivity contribution in [1.82, 2.24) is 15.1 Å². The van der Waals surface area contributed by atoms with E-state index in [1.165, 1.54) is 4.90 Å². The molecule has 2 heterocycles. The number of rotatable bonds is 3. The number of piperazine rings is 1. The summed E-state index contributed by atoms with van der Waals surface area (Å²) in [4.78, 5) is 28.3. The summed E-state index contributed by atoms with van der Waals surface area (Å²) in [6.07, 6.45) is 0. The lowest BCUT2D eigenvalue weighted by Crippen LogP contribution is -2.59. The minimum absolute atomic E-state index is 0.0525. The molecule has 5 nitrogen and oxygen atoms in total. The standard InChI is InChI=1S/C16H21N3O2/c1-16(2)11-17-7-8-18(16)9-10-19-14(20)12-5-3-4-6-13(12)15(19)21/h3-6,17H,7-11H2,1-2H3. The molecule has 21 heavy (non-hydrogen) atoms. The molecule has 1 saturated heterocycles. The Bertz CT molecular complexity index is 548. The summed E-state index contributed by atoms with van der Waals surface area (Å²) in [5.41, 5.74) is 1.11. The van der Waals surface area contributed by atoms with Crippen LogP contribution >= 0.6 is 0 Å². The van der Waals surface area contributed by atoms with Crippen LogP contribution in [0.2, 0.25) is 0 Å². The Hall–Kier alpha value is -1.72. The molecule has 1 aromatic carbocycles. The highest BCUT2D eigenvalue weighted by atomic mass is 16.2. The van der Waals surface area contributed by atoms with Crippen molar-refractivity contribution >= 4 is 11.8 Å². The van der Waals surface area contributed by atoms with E-state index in [0.29, 0.717) is 17.7 Å². The number of hydrogen-bond acceptors (Lipinski definition) is 4. The summed E-state index contributed by atoms with van der Waals surface area (Å²) >= 11 is 0. The fourth-order valence-corrected chi connectivity index (χ4v) is 3.10. The highest BCUT2D eigenvalue weighted by molar-refractivity contribution is 6.21. The first-order valence-corrected chi connectivity index (χ1v) is 7.42. The SMILES string of the molecule is CC1(C)CNCCN1CCN1C(=O)c2ccccc2C1=O. The van der Waals surface area contributed by atoms with Gasteiger partial charge < -0.3 is 5.32 Å². The van der Waals surface area contributed by atoms with Crippen LogP contribution in [0.25, 0.3) is 0 Å². The molecule has 0 saturated carbocycles. The second kappa shape index (κ2) is 5.24. The molecule has 0 atom stereocenters. The number of hydrogen-bond donors (Lipinski definition) is 1. The van der Waals surface area contributed by atoms with E-state index < -0.39 is 0 Å². The molecule has 112 valence electrons. The van der Waals surface area contributed by atoms with Crippen molar-refractivity contribution in [2.75, 3.05) is 32.7 Å². The number of benzene rings is 1. The number of amides is 2. The second-order valence-corrected chi connectivity index (χ2v) is 6.28. The Morgan fingerprint density at radius 1 is 1.10 bits per heavy atom. The van der Waals surface area contributed by atoms with E-state index in [2.05, 4.69) is 24.1 Å². The van der Waals surface area contributed by atoms with Crippen molar-refractivity contribution in [3.8, 4) is 0 Å². The van der Waals surface area contributed by atoms with E-state index in [9.17, 15) is 9.59 Å². The minimum Gasteiger partial charge on any atom is -0.314 e. The third-order valence-corrected chi connectivity index (χ3v) is 4.44.